The summed E-state index contributed by atoms with van der Waals surface area (Å²) in [5, 5.41) is 3.28. The number of fused-ring (bicyclic) bond motifs is 2. The van der Waals surface area contributed by atoms with Gasteiger partial charge in [0.2, 0.25) is 0 Å². The Labute approximate surface area is 101 Å². The Bertz CT molecular complexity index is 463. The van der Waals surface area contributed by atoms with Crippen molar-refractivity contribution in [1.29, 1.82) is 0 Å². The molecule has 0 bridgehead atoms. The van der Waals surface area contributed by atoms with Crippen molar-refractivity contribution in [3.05, 3.63) is 29.3 Å². The Hall–Kier alpha value is -1.35. The van der Waals surface area contributed by atoms with Crippen LogP contribution in [0, 0.1) is 0 Å². The van der Waals surface area contributed by atoms with Gasteiger partial charge in [0.25, 0.3) is 0 Å². The molecule has 1 aliphatic heterocycles. The summed E-state index contributed by atoms with van der Waals surface area (Å²) in [6.45, 7) is 1.37. The molecule has 0 radical (unpaired) electrons. The van der Waals surface area contributed by atoms with Gasteiger partial charge in [0.05, 0.1) is 13.7 Å². The summed E-state index contributed by atoms with van der Waals surface area (Å²) >= 11 is 0. The van der Waals surface area contributed by atoms with E-state index in [4.69, 9.17) is 4.74 Å². The molecule has 1 fully saturated rings. The molecule has 3 rings (SSSR count). The monoisotopic (exact) mass is 231 g/mol. The molecule has 17 heavy (non-hydrogen) atoms. The van der Waals surface area contributed by atoms with Crippen molar-refractivity contribution in [1.82, 2.24) is 5.32 Å². The molecule has 0 aromatic heterocycles. The van der Waals surface area contributed by atoms with E-state index in [1.54, 1.807) is 7.11 Å². The molecule has 1 aromatic carbocycles. The first-order valence-electron chi connectivity index (χ1n) is 6.18. The molecule has 3 nitrogen and oxygen atoms in total. The largest absolute Gasteiger partial charge is 0.497 e. The number of benzene rings is 1. The minimum absolute atomic E-state index is 0.183. The Morgan fingerprint density at radius 2 is 2.18 bits per heavy atom. The fraction of sp³-hybridized carbons (Fsp3) is 0.500. The number of rotatable bonds is 1. The van der Waals surface area contributed by atoms with Gasteiger partial charge in [0, 0.05) is 17.5 Å². The first-order valence-corrected chi connectivity index (χ1v) is 6.18. The number of ether oxygens (including phenoxy) is 1. The summed E-state index contributed by atoms with van der Waals surface area (Å²) in [6, 6.07) is 5.94. The fourth-order valence-electron chi connectivity index (χ4n) is 3.00. The highest BCUT2D eigenvalue weighted by molar-refractivity contribution is 6.00. The van der Waals surface area contributed by atoms with Crippen molar-refractivity contribution >= 4 is 5.78 Å². The van der Waals surface area contributed by atoms with E-state index in [0.29, 0.717) is 6.54 Å². The van der Waals surface area contributed by atoms with Crippen LogP contribution in [0.4, 0.5) is 0 Å². The lowest BCUT2D eigenvalue weighted by Gasteiger charge is -2.42. The van der Waals surface area contributed by atoms with Gasteiger partial charge in [-0.2, -0.15) is 0 Å². The second-order valence-corrected chi connectivity index (χ2v) is 5.07. The molecule has 0 atom stereocenters. The molecule has 1 saturated carbocycles. The maximum absolute atomic E-state index is 12.1. The standard InChI is InChI=1S/C14H17NO2/c1-17-10-3-4-12-11(7-10)13(16)8-15-9-14(12)5-2-6-14/h3-4,7,15H,2,5-6,8-9H2,1H3. The highest BCUT2D eigenvalue weighted by Crippen LogP contribution is 2.46. The summed E-state index contributed by atoms with van der Waals surface area (Å²) in [6.07, 6.45) is 3.64. The van der Waals surface area contributed by atoms with Gasteiger partial charge in [-0.15, -0.1) is 0 Å². The molecule has 1 spiro atoms. The Kier molecular flexibility index (Phi) is 2.44. The number of carbonyl (C=O) groups excluding carboxylic acids is 1. The Morgan fingerprint density at radius 3 is 2.82 bits per heavy atom. The van der Waals surface area contributed by atoms with Crippen molar-refractivity contribution in [3.8, 4) is 5.75 Å². The SMILES string of the molecule is COc1ccc2c(c1)C(=O)CNCC21CCC1. The molecule has 1 aromatic rings. The average molecular weight is 231 g/mol. The number of methoxy groups -OCH3 is 1. The predicted octanol–water partition coefficient (Wildman–Crippen LogP) is 1.90. The number of Topliss-reactive ketones (excluding diaryl/α,β-unsaturated/α-hetero) is 1. The molecule has 3 heteroatoms. The zero-order chi connectivity index (χ0) is 11.9. The minimum Gasteiger partial charge on any atom is -0.497 e. The lowest BCUT2D eigenvalue weighted by Crippen LogP contribution is -2.42. The van der Waals surface area contributed by atoms with Gasteiger partial charge in [0.1, 0.15) is 5.75 Å². The zero-order valence-corrected chi connectivity index (χ0v) is 10.1. The number of nitrogens with one attached hydrogen (secondary N) is 1. The summed E-state index contributed by atoms with van der Waals surface area (Å²) in [5.74, 6) is 0.955. The molecule has 2 aliphatic rings. The first kappa shape index (κ1) is 10.8. The van der Waals surface area contributed by atoms with E-state index >= 15 is 0 Å². The van der Waals surface area contributed by atoms with E-state index in [1.807, 2.05) is 12.1 Å². The summed E-state index contributed by atoms with van der Waals surface area (Å²) < 4.78 is 5.22. The van der Waals surface area contributed by atoms with Gasteiger partial charge in [0.15, 0.2) is 5.78 Å². The highest BCUT2D eigenvalue weighted by atomic mass is 16.5. The van der Waals surface area contributed by atoms with Crippen LogP contribution in [0.15, 0.2) is 18.2 Å². The van der Waals surface area contributed by atoms with Gasteiger partial charge < -0.3 is 10.1 Å². The fourth-order valence-corrected chi connectivity index (χ4v) is 3.00. The van der Waals surface area contributed by atoms with Gasteiger partial charge >= 0.3 is 0 Å². The van der Waals surface area contributed by atoms with Gasteiger partial charge in [-0.3, -0.25) is 4.79 Å². The van der Waals surface area contributed by atoms with Crippen LogP contribution >= 0.6 is 0 Å². The van der Waals surface area contributed by atoms with Crippen molar-refractivity contribution < 1.29 is 9.53 Å². The normalized spacial score (nSPS) is 21.6. The van der Waals surface area contributed by atoms with Crippen LogP contribution in [0.2, 0.25) is 0 Å². The summed E-state index contributed by atoms with van der Waals surface area (Å²) in [4.78, 5) is 12.1. The molecule has 0 unspecified atom stereocenters. The van der Waals surface area contributed by atoms with Gasteiger partial charge in [-0.1, -0.05) is 12.5 Å². The quantitative estimate of drug-likeness (QED) is 0.802. The third kappa shape index (κ3) is 1.57. The second-order valence-electron chi connectivity index (χ2n) is 5.07. The molecule has 1 heterocycles. The predicted molar refractivity (Wildman–Crippen MR) is 65.7 cm³/mol. The van der Waals surface area contributed by atoms with Crippen LogP contribution in [0.3, 0.4) is 0 Å². The summed E-state index contributed by atoms with van der Waals surface area (Å²) in [7, 11) is 1.64. The van der Waals surface area contributed by atoms with Crippen LogP contribution < -0.4 is 10.1 Å². The molecular formula is C14H17NO2. The van der Waals surface area contributed by atoms with Crippen molar-refractivity contribution in [3.63, 3.8) is 0 Å². The maximum atomic E-state index is 12.1. The molecule has 0 saturated heterocycles. The smallest absolute Gasteiger partial charge is 0.177 e. The first-order chi connectivity index (χ1) is 8.25. The van der Waals surface area contributed by atoms with E-state index in [9.17, 15) is 4.79 Å². The van der Waals surface area contributed by atoms with E-state index < -0.39 is 0 Å². The lowest BCUT2D eigenvalue weighted by molar-refractivity contribution is 0.0993. The molecular weight excluding hydrogens is 214 g/mol. The lowest BCUT2D eigenvalue weighted by atomic mass is 9.63. The number of ketones is 1. The van der Waals surface area contributed by atoms with E-state index in [1.165, 1.54) is 24.8 Å². The number of hydrogen-bond acceptors (Lipinski definition) is 3. The van der Waals surface area contributed by atoms with Crippen LogP contribution in [-0.4, -0.2) is 26.0 Å². The van der Waals surface area contributed by atoms with Crippen molar-refractivity contribution in [2.45, 2.75) is 24.7 Å². The highest BCUT2D eigenvalue weighted by Gasteiger charge is 2.42. The van der Waals surface area contributed by atoms with Crippen LogP contribution in [-0.2, 0) is 5.41 Å². The second kappa shape index (κ2) is 3.84. The number of hydrogen-bond donors (Lipinski definition) is 1. The van der Waals surface area contributed by atoms with E-state index in [-0.39, 0.29) is 11.2 Å². The maximum Gasteiger partial charge on any atom is 0.177 e. The zero-order valence-electron chi connectivity index (χ0n) is 10.1. The number of carbonyl (C=O) groups is 1. The van der Waals surface area contributed by atoms with Gasteiger partial charge in [-0.05, 0) is 30.5 Å². The van der Waals surface area contributed by atoms with Crippen molar-refractivity contribution in [2.24, 2.45) is 0 Å². The molecule has 0 amide bonds. The molecule has 90 valence electrons. The molecule has 1 aliphatic carbocycles. The van der Waals surface area contributed by atoms with Crippen LogP contribution in [0.25, 0.3) is 0 Å². The van der Waals surface area contributed by atoms with E-state index in [0.717, 1.165) is 17.9 Å². The third-order valence-corrected chi connectivity index (χ3v) is 4.16. The van der Waals surface area contributed by atoms with Crippen LogP contribution in [0.1, 0.15) is 35.2 Å². The van der Waals surface area contributed by atoms with Gasteiger partial charge in [-0.25, -0.2) is 0 Å². The Balaban J connectivity index is 2.13. The topological polar surface area (TPSA) is 38.3 Å². The minimum atomic E-state index is 0.183. The molecule has 1 N–H and O–H groups in total. The summed E-state index contributed by atoms with van der Waals surface area (Å²) in [5.41, 5.74) is 2.28. The third-order valence-electron chi connectivity index (χ3n) is 4.16. The van der Waals surface area contributed by atoms with Crippen LogP contribution in [0.5, 0.6) is 5.75 Å². The Morgan fingerprint density at radius 1 is 1.35 bits per heavy atom. The van der Waals surface area contributed by atoms with E-state index in [2.05, 4.69) is 11.4 Å². The van der Waals surface area contributed by atoms with Crippen molar-refractivity contribution in [2.75, 3.05) is 20.2 Å². The average Bonchev–Trinajstić information content (AvgIpc) is 2.45.